The van der Waals surface area contributed by atoms with Gasteiger partial charge < -0.3 is 9.47 Å². The number of pyridine rings is 1. The lowest BCUT2D eigenvalue weighted by molar-refractivity contribution is -0.225. The van der Waals surface area contributed by atoms with Crippen LogP contribution in [0.2, 0.25) is 0 Å². The van der Waals surface area contributed by atoms with Crippen molar-refractivity contribution in [3.05, 3.63) is 59.8 Å². The molecule has 0 unspecified atom stereocenters. The second kappa shape index (κ2) is 10.6. The zero-order chi connectivity index (χ0) is 24.0. The van der Waals surface area contributed by atoms with Crippen LogP contribution in [-0.2, 0) is 28.2 Å². The predicted molar refractivity (Wildman–Crippen MR) is 127 cm³/mol. The maximum absolute atomic E-state index is 5.73. The largest absolute Gasteiger partial charge is 0.347 e. The minimum atomic E-state index is -0.933. The first-order chi connectivity index (χ1) is 16.6. The molecule has 10 heteroatoms. The van der Waals surface area contributed by atoms with Crippen LogP contribution in [0.25, 0.3) is 22.6 Å². The second-order valence-corrected chi connectivity index (χ2v) is 8.02. The van der Waals surface area contributed by atoms with E-state index in [0.29, 0.717) is 24.6 Å². The van der Waals surface area contributed by atoms with Gasteiger partial charge in [0.1, 0.15) is 5.82 Å². The topological polar surface area (TPSA) is 117 Å². The van der Waals surface area contributed by atoms with Crippen LogP contribution in [-0.4, -0.2) is 54.6 Å². The number of aryl methyl sites for hydroxylation is 1. The number of rotatable bonds is 11. The highest BCUT2D eigenvalue weighted by molar-refractivity contribution is 5.76. The summed E-state index contributed by atoms with van der Waals surface area (Å²) < 4.78 is 13.4. The van der Waals surface area contributed by atoms with Crippen molar-refractivity contribution in [2.24, 2.45) is 0 Å². The zero-order valence-electron chi connectivity index (χ0n) is 20.0. The van der Waals surface area contributed by atoms with Gasteiger partial charge in [0.25, 0.3) is 0 Å². The van der Waals surface area contributed by atoms with Crippen LogP contribution in [0.4, 0.5) is 0 Å². The van der Waals surface area contributed by atoms with E-state index in [-0.39, 0.29) is 0 Å². The molecule has 0 saturated heterocycles. The van der Waals surface area contributed by atoms with Gasteiger partial charge in [0.2, 0.25) is 11.6 Å². The molecule has 0 aliphatic carbocycles. The summed E-state index contributed by atoms with van der Waals surface area (Å²) in [4.78, 5) is 9.36. The Hall–Kier alpha value is -3.50. The molecular formula is C24H30N8O2. The van der Waals surface area contributed by atoms with Gasteiger partial charge in [0.15, 0.2) is 5.82 Å². The first kappa shape index (κ1) is 23.7. The third-order valence-corrected chi connectivity index (χ3v) is 5.77. The van der Waals surface area contributed by atoms with Crippen LogP contribution in [0.1, 0.15) is 50.3 Å². The SMILES string of the molecule is CCCc1nc(C(CCC)(OC)OC)nn1Cc1ccc(-c2ncccc2-c2nnn[nH]2)cc1. The average molecular weight is 463 g/mol. The van der Waals surface area contributed by atoms with Gasteiger partial charge in [-0.15, -0.1) is 10.2 Å². The van der Waals surface area contributed by atoms with Gasteiger partial charge in [-0.3, -0.25) is 4.98 Å². The average Bonchev–Trinajstić information content (AvgIpc) is 3.55. The summed E-state index contributed by atoms with van der Waals surface area (Å²) in [6, 6.07) is 12.1. The van der Waals surface area contributed by atoms with Crippen LogP contribution >= 0.6 is 0 Å². The summed E-state index contributed by atoms with van der Waals surface area (Å²) >= 11 is 0. The Balaban J connectivity index is 1.62. The van der Waals surface area contributed by atoms with Crippen molar-refractivity contribution >= 4 is 0 Å². The summed E-state index contributed by atoms with van der Waals surface area (Å²) in [6.45, 7) is 4.82. The number of H-pyrrole nitrogens is 1. The third-order valence-electron chi connectivity index (χ3n) is 5.77. The lowest BCUT2D eigenvalue weighted by atomic mass is 10.0. The van der Waals surface area contributed by atoms with Crippen molar-refractivity contribution in [3.63, 3.8) is 0 Å². The van der Waals surface area contributed by atoms with E-state index in [1.807, 2.05) is 28.9 Å². The van der Waals surface area contributed by atoms with E-state index in [9.17, 15) is 0 Å². The monoisotopic (exact) mass is 462 g/mol. The lowest BCUT2D eigenvalue weighted by Crippen LogP contribution is -2.32. The zero-order valence-corrected chi connectivity index (χ0v) is 20.0. The first-order valence-corrected chi connectivity index (χ1v) is 11.5. The Morgan fingerprint density at radius 1 is 1.03 bits per heavy atom. The number of methoxy groups -OCH3 is 2. The molecule has 0 aliphatic heterocycles. The third kappa shape index (κ3) is 4.73. The maximum atomic E-state index is 5.73. The van der Waals surface area contributed by atoms with Crippen LogP contribution < -0.4 is 0 Å². The Labute approximate surface area is 198 Å². The Bertz CT molecular complexity index is 1180. The predicted octanol–water partition coefficient (Wildman–Crippen LogP) is 3.77. The molecule has 3 aromatic heterocycles. The van der Waals surface area contributed by atoms with E-state index in [4.69, 9.17) is 19.6 Å². The minimum absolute atomic E-state index is 0.568. The Morgan fingerprint density at radius 2 is 1.82 bits per heavy atom. The summed E-state index contributed by atoms with van der Waals surface area (Å²) in [5, 5.41) is 19.0. The molecule has 0 saturated carbocycles. The molecule has 1 aromatic carbocycles. The molecule has 0 bridgehead atoms. The lowest BCUT2D eigenvalue weighted by Gasteiger charge is -2.27. The number of aromatic amines is 1. The molecular weight excluding hydrogens is 432 g/mol. The molecule has 0 atom stereocenters. The number of benzene rings is 1. The fourth-order valence-corrected chi connectivity index (χ4v) is 4.02. The van der Waals surface area contributed by atoms with Crippen LogP contribution in [0.5, 0.6) is 0 Å². The smallest absolute Gasteiger partial charge is 0.231 e. The van der Waals surface area contributed by atoms with Crippen LogP contribution in [0, 0.1) is 0 Å². The number of nitrogens with one attached hydrogen (secondary N) is 1. The number of aromatic nitrogens is 8. The van der Waals surface area contributed by atoms with E-state index in [1.54, 1.807) is 20.4 Å². The molecule has 4 rings (SSSR count). The number of tetrazole rings is 1. The van der Waals surface area contributed by atoms with Crippen molar-refractivity contribution in [2.75, 3.05) is 14.2 Å². The fourth-order valence-electron chi connectivity index (χ4n) is 4.02. The number of hydrogen-bond acceptors (Lipinski definition) is 8. The molecule has 0 aliphatic rings. The summed E-state index contributed by atoms with van der Waals surface area (Å²) in [5.41, 5.74) is 3.74. The number of nitrogens with zero attached hydrogens (tertiary/aromatic N) is 7. The molecule has 10 nitrogen and oxygen atoms in total. The van der Waals surface area contributed by atoms with Gasteiger partial charge in [-0.05, 0) is 34.5 Å². The number of ether oxygens (including phenoxy) is 2. The maximum Gasteiger partial charge on any atom is 0.231 e. The van der Waals surface area contributed by atoms with E-state index < -0.39 is 5.79 Å². The minimum Gasteiger partial charge on any atom is -0.347 e. The van der Waals surface area contributed by atoms with Gasteiger partial charge in [-0.2, -0.15) is 0 Å². The molecule has 0 amide bonds. The molecule has 4 aromatic rings. The Morgan fingerprint density at radius 3 is 2.47 bits per heavy atom. The summed E-state index contributed by atoms with van der Waals surface area (Å²) in [5.74, 6) is 1.13. The molecule has 3 heterocycles. The van der Waals surface area contributed by atoms with Crippen molar-refractivity contribution in [2.45, 2.75) is 51.9 Å². The highest BCUT2D eigenvalue weighted by atomic mass is 16.7. The van der Waals surface area contributed by atoms with E-state index >= 15 is 0 Å². The van der Waals surface area contributed by atoms with E-state index in [0.717, 1.165) is 47.5 Å². The van der Waals surface area contributed by atoms with Gasteiger partial charge >= 0.3 is 0 Å². The first-order valence-electron chi connectivity index (χ1n) is 11.5. The molecule has 178 valence electrons. The molecule has 0 spiro atoms. The molecule has 34 heavy (non-hydrogen) atoms. The number of hydrogen-bond donors (Lipinski definition) is 1. The van der Waals surface area contributed by atoms with Crippen molar-refractivity contribution in [3.8, 4) is 22.6 Å². The quantitative estimate of drug-likeness (QED) is 0.335. The fraction of sp³-hybridized carbons (Fsp3) is 0.417. The van der Waals surface area contributed by atoms with Gasteiger partial charge in [0, 0.05) is 44.4 Å². The van der Waals surface area contributed by atoms with Crippen molar-refractivity contribution in [1.82, 2.24) is 40.4 Å². The van der Waals surface area contributed by atoms with Gasteiger partial charge in [0.05, 0.1) is 12.2 Å². The standard InChI is InChI=1S/C24H30N8O2/c1-5-8-20-26-23(24(33-3,34-4)14-6-2)29-32(20)16-17-10-12-18(13-11-17)21-19(9-7-15-25-21)22-27-30-31-28-22/h7,9-13,15H,5-6,8,14,16H2,1-4H3,(H,27,28,30,31). The molecule has 1 N–H and O–H groups in total. The van der Waals surface area contributed by atoms with Crippen LogP contribution in [0.15, 0.2) is 42.6 Å². The summed E-state index contributed by atoms with van der Waals surface area (Å²) in [6.07, 6.45) is 5.12. The highest BCUT2D eigenvalue weighted by Crippen LogP contribution is 2.30. The summed E-state index contributed by atoms with van der Waals surface area (Å²) in [7, 11) is 3.28. The second-order valence-electron chi connectivity index (χ2n) is 8.02. The highest BCUT2D eigenvalue weighted by Gasteiger charge is 2.36. The Kier molecular flexibility index (Phi) is 7.39. The van der Waals surface area contributed by atoms with E-state index in [2.05, 4.69) is 51.6 Å². The van der Waals surface area contributed by atoms with Crippen molar-refractivity contribution in [1.29, 1.82) is 0 Å². The van der Waals surface area contributed by atoms with E-state index in [1.165, 1.54) is 0 Å². The van der Waals surface area contributed by atoms with Gasteiger partial charge in [-0.25, -0.2) is 14.8 Å². The van der Waals surface area contributed by atoms with Gasteiger partial charge in [-0.1, -0.05) is 44.5 Å². The molecule has 0 radical (unpaired) electrons. The van der Waals surface area contributed by atoms with Crippen LogP contribution in [0.3, 0.4) is 0 Å². The normalized spacial score (nSPS) is 11.8. The van der Waals surface area contributed by atoms with Crippen molar-refractivity contribution < 1.29 is 9.47 Å². The molecule has 0 fully saturated rings.